The van der Waals surface area contributed by atoms with Crippen LogP contribution in [0, 0.1) is 10.8 Å². The second-order valence-corrected chi connectivity index (χ2v) is 12.8. The van der Waals surface area contributed by atoms with E-state index in [9.17, 15) is 9.59 Å². The van der Waals surface area contributed by atoms with Crippen molar-refractivity contribution in [1.29, 1.82) is 0 Å². The van der Waals surface area contributed by atoms with E-state index in [2.05, 4.69) is 32.6 Å². The summed E-state index contributed by atoms with van der Waals surface area (Å²) in [6.45, 7) is 8.88. The molecular formula is C32H36ClNO4. The molecule has 38 heavy (non-hydrogen) atoms. The largest absolute Gasteiger partial charge is 0.493 e. The van der Waals surface area contributed by atoms with Crippen molar-refractivity contribution in [3.05, 3.63) is 81.2 Å². The summed E-state index contributed by atoms with van der Waals surface area (Å²) in [5.41, 5.74) is 5.09. The fourth-order valence-corrected chi connectivity index (χ4v) is 6.44. The van der Waals surface area contributed by atoms with Crippen LogP contribution in [0.3, 0.4) is 0 Å². The molecule has 0 fully saturated rings. The van der Waals surface area contributed by atoms with Crippen molar-refractivity contribution < 1.29 is 19.1 Å². The predicted molar refractivity (Wildman–Crippen MR) is 149 cm³/mol. The van der Waals surface area contributed by atoms with Gasteiger partial charge >= 0.3 is 0 Å². The summed E-state index contributed by atoms with van der Waals surface area (Å²) in [7, 11) is 3.63. The standard InChI is InChI=1S/C32H36ClNO4/c1-31(2)14-22-29(24(35)16-31)28(30-23(34(22)5)15-32(3,4)17-25(30)36)19-11-12-26(27(13-19)37-6)38-18-20-9-7-8-10-21(20)33/h7-13,28H,14-18H2,1-6H3. The van der Waals surface area contributed by atoms with E-state index in [1.54, 1.807) is 7.11 Å². The number of nitrogens with zero attached hydrogens (tertiary/aromatic N) is 1. The lowest BCUT2D eigenvalue weighted by Crippen LogP contribution is -2.43. The maximum absolute atomic E-state index is 13.7. The first-order chi connectivity index (χ1) is 17.9. The summed E-state index contributed by atoms with van der Waals surface area (Å²) < 4.78 is 11.8. The molecule has 0 saturated heterocycles. The first kappa shape index (κ1) is 26.6. The zero-order chi connectivity index (χ0) is 27.4. The maximum atomic E-state index is 13.7. The van der Waals surface area contributed by atoms with Crippen molar-refractivity contribution in [2.75, 3.05) is 14.2 Å². The van der Waals surface area contributed by atoms with E-state index in [4.69, 9.17) is 21.1 Å². The Hall–Kier alpha value is -3.05. The fourth-order valence-electron chi connectivity index (χ4n) is 6.25. The number of allylic oxidation sites excluding steroid dienone is 4. The number of hydrogen-bond donors (Lipinski definition) is 0. The Morgan fingerprint density at radius 3 is 2.00 bits per heavy atom. The van der Waals surface area contributed by atoms with E-state index in [1.165, 1.54) is 0 Å². The highest BCUT2D eigenvalue weighted by molar-refractivity contribution is 6.31. The van der Waals surface area contributed by atoms with Gasteiger partial charge in [0.2, 0.25) is 0 Å². The number of halogens is 1. The van der Waals surface area contributed by atoms with Crippen LogP contribution in [0.5, 0.6) is 11.5 Å². The molecule has 5 nitrogen and oxygen atoms in total. The van der Waals surface area contributed by atoms with Crippen LogP contribution in [-0.2, 0) is 16.2 Å². The highest BCUT2D eigenvalue weighted by atomic mass is 35.5. The second-order valence-electron chi connectivity index (χ2n) is 12.4. The van der Waals surface area contributed by atoms with Crippen LogP contribution < -0.4 is 9.47 Å². The third-order valence-corrected chi connectivity index (χ3v) is 8.41. The average molecular weight is 534 g/mol. The van der Waals surface area contributed by atoms with Crippen molar-refractivity contribution in [2.45, 2.75) is 65.9 Å². The molecule has 0 radical (unpaired) electrons. The number of methoxy groups -OCH3 is 1. The summed E-state index contributed by atoms with van der Waals surface area (Å²) in [5.74, 6) is 0.977. The van der Waals surface area contributed by atoms with Gasteiger partial charge in [0.25, 0.3) is 0 Å². The van der Waals surface area contributed by atoms with Gasteiger partial charge in [0.1, 0.15) is 6.61 Å². The van der Waals surface area contributed by atoms with E-state index in [1.807, 2.05) is 49.5 Å². The quantitative estimate of drug-likeness (QED) is 0.405. The van der Waals surface area contributed by atoms with Gasteiger partial charge in [-0.05, 0) is 47.4 Å². The van der Waals surface area contributed by atoms with Gasteiger partial charge in [-0.15, -0.1) is 0 Å². The Kier molecular flexibility index (Phi) is 6.71. The summed E-state index contributed by atoms with van der Waals surface area (Å²) >= 11 is 6.31. The number of hydrogen-bond acceptors (Lipinski definition) is 5. The summed E-state index contributed by atoms with van der Waals surface area (Å²) in [4.78, 5) is 29.6. The predicted octanol–water partition coefficient (Wildman–Crippen LogP) is 7.24. The van der Waals surface area contributed by atoms with Gasteiger partial charge in [-0.25, -0.2) is 0 Å². The smallest absolute Gasteiger partial charge is 0.162 e. The number of carbonyl (C=O) groups excluding carboxylic acids is 2. The number of Topliss-reactive ketones (excluding diaryl/α,β-unsaturated/α-hetero) is 2. The molecule has 0 N–H and O–H groups in total. The number of ether oxygens (including phenoxy) is 2. The highest BCUT2D eigenvalue weighted by Gasteiger charge is 2.48. The van der Waals surface area contributed by atoms with Crippen LogP contribution in [0.4, 0.5) is 0 Å². The minimum Gasteiger partial charge on any atom is -0.493 e. The van der Waals surface area contributed by atoms with Crippen LogP contribution in [0.25, 0.3) is 0 Å². The molecule has 5 rings (SSSR count). The average Bonchev–Trinajstić information content (AvgIpc) is 2.83. The maximum Gasteiger partial charge on any atom is 0.162 e. The topological polar surface area (TPSA) is 55.8 Å². The second kappa shape index (κ2) is 9.60. The molecule has 6 heteroatoms. The van der Waals surface area contributed by atoms with Crippen molar-refractivity contribution in [2.24, 2.45) is 10.8 Å². The Morgan fingerprint density at radius 2 is 1.45 bits per heavy atom. The van der Waals surface area contributed by atoms with Crippen LogP contribution in [0.2, 0.25) is 5.02 Å². The zero-order valence-corrected chi connectivity index (χ0v) is 23.9. The molecule has 0 aromatic heterocycles. The molecule has 1 aliphatic heterocycles. The lowest BCUT2D eigenvalue weighted by atomic mass is 9.64. The monoisotopic (exact) mass is 533 g/mol. The molecular weight excluding hydrogens is 498 g/mol. The SMILES string of the molecule is COc1cc(C2C3=C(CC(C)(C)CC3=O)N(C)C3=C2C(=O)CC(C)(C)C3)ccc1OCc1ccccc1Cl. The molecule has 2 aromatic rings. The van der Waals surface area contributed by atoms with Crippen LogP contribution in [0.15, 0.2) is 65.0 Å². The molecule has 1 heterocycles. The number of rotatable bonds is 5. The molecule has 3 aliphatic rings. The van der Waals surface area contributed by atoms with Crippen LogP contribution in [0.1, 0.15) is 70.4 Å². The van der Waals surface area contributed by atoms with E-state index < -0.39 is 5.92 Å². The minimum atomic E-state index is -0.407. The molecule has 2 aromatic carbocycles. The highest BCUT2D eigenvalue weighted by Crippen LogP contribution is 2.54. The summed E-state index contributed by atoms with van der Waals surface area (Å²) in [5, 5.41) is 0.644. The van der Waals surface area contributed by atoms with E-state index in [-0.39, 0.29) is 22.4 Å². The molecule has 0 saturated carbocycles. The number of carbonyl (C=O) groups is 2. The van der Waals surface area contributed by atoms with Crippen molar-refractivity contribution >= 4 is 23.2 Å². The Morgan fingerprint density at radius 1 is 0.868 bits per heavy atom. The molecule has 0 spiro atoms. The third kappa shape index (κ3) is 4.77. The normalized spacial score (nSPS) is 20.9. The van der Waals surface area contributed by atoms with Gasteiger partial charge in [-0.1, -0.05) is 63.6 Å². The first-order valence-corrected chi connectivity index (χ1v) is 13.6. The van der Waals surface area contributed by atoms with Gasteiger partial charge in [0.15, 0.2) is 23.1 Å². The number of benzene rings is 2. The Bertz CT molecular complexity index is 1330. The Labute approximate surface area is 230 Å². The molecule has 0 bridgehead atoms. The van der Waals surface area contributed by atoms with Crippen LogP contribution >= 0.6 is 11.6 Å². The minimum absolute atomic E-state index is 0.121. The van der Waals surface area contributed by atoms with Crippen molar-refractivity contribution in [3.63, 3.8) is 0 Å². The van der Waals surface area contributed by atoms with Crippen molar-refractivity contribution in [1.82, 2.24) is 4.90 Å². The first-order valence-electron chi connectivity index (χ1n) is 13.2. The Balaban J connectivity index is 1.59. The van der Waals surface area contributed by atoms with Crippen molar-refractivity contribution in [3.8, 4) is 11.5 Å². The summed E-state index contributed by atoms with van der Waals surface area (Å²) in [6, 6.07) is 13.3. The van der Waals surface area contributed by atoms with Gasteiger partial charge in [-0.3, -0.25) is 9.59 Å². The molecule has 0 amide bonds. The molecule has 0 unspecified atom stereocenters. The zero-order valence-electron chi connectivity index (χ0n) is 23.1. The van der Waals surface area contributed by atoms with Gasteiger partial charge in [0.05, 0.1) is 7.11 Å². The fraction of sp³-hybridized carbons (Fsp3) is 0.438. The van der Waals surface area contributed by atoms with Gasteiger partial charge < -0.3 is 14.4 Å². The molecule has 0 atom stereocenters. The van der Waals surface area contributed by atoms with E-state index >= 15 is 0 Å². The third-order valence-electron chi connectivity index (χ3n) is 8.04. The van der Waals surface area contributed by atoms with Gasteiger partial charge in [0, 0.05) is 58.9 Å². The molecule has 2 aliphatic carbocycles. The van der Waals surface area contributed by atoms with Gasteiger partial charge in [-0.2, -0.15) is 0 Å². The van der Waals surface area contributed by atoms with Crippen LogP contribution in [-0.4, -0.2) is 30.6 Å². The summed E-state index contributed by atoms with van der Waals surface area (Å²) in [6.07, 6.45) is 2.52. The number of ketones is 2. The lowest BCUT2D eigenvalue weighted by molar-refractivity contribution is -0.119. The molecule has 200 valence electrons. The lowest BCUT2D eigenvalue weighted by Gasteiger charge is -2.47. The van der Waals surface area contributed by atoms with E-state index in [0.717, 1.165) is 46.5 Å². The van der Waals surface area contributed by atoms with E-state index in [0.29, 0.717) is 36.0 Å².